The van der Waals surface area contributed by atoms with E-state index in [-0.39, 0.29) is 48.3 Å². The second-order valence-electron chi connectivity index (χ2n) is 10.2. The predicted molar refractivity (Wildman–Crippen MR) is 133 cm³/mol. The van der Waals surface area contributed by atoms with Crippen LogP contribution in [0.25, 0.3) is 0 Å². The van der Waals surface area contributed by atoms with Crippen molar-refractivity contribution in [1.29, 1.82) is 0 Å². The number of aromatic nitrogens is 1. The highest BCUT2D eigenvalue weighted by Crippen LogP contribution is 2.28. The second kappa shape index (κ2) is 12.4. The van der Waals surface area contributed by atoms with Gasteiger partial charge in [-0.3, -0.25) is 9.59 Å². The average Bonchev–Trinajstić information content (AvgIpc) is 2.85. The summed E-state index contributed by atoms with van der Waals surface area (Å²) < 4.78 is 11.7. The normalized spacial score (nSPS) is 21.8. The van der Waals surface area contributed by atoms with E-state index >= 15 is 0 Å². The molecule has 2 amide bonds. The maximum absolute atomic E-state index is 13.5. The van der Waals surface area contributed by atoms with Crippen LogP contribution in [0, 0.1) is 29.6 Å². The monoisotopic (exact) mass is 485 g/mol. The van der Waals surface area contributed by atoms with Crippen molar-refractivity contribution in [2.75, 3.05) is 40.0 Å². The lowest BCUT2D eigenvalue weighted by Crippen LogP contribution is -2.51. The van der Waals surface area contributed by atoms with Gasteiger partial charge >= 0.3 is 0 Å². The lowest BCUT2D eigenvalue weighted by molar-refractivity contribution is -0.138. The Labute approximate surface area is 209 Å². The summed E-state index contributed by atoms with van der Waals surface area (Å²) in [5, 5.41) is 9.83. The van der Waals surface area contributed by atoms with Gasteiger partial charge in [-0.05, 0) is 31.7 Å². The standard InChI is InChI=1S/C27H39N3O5/c1-18(2)7-6-8-21-13-23-25(28-14-21)35-24(19(3)15-30(27(23)33)20(4)17-31)16-29(5)26(32)22-9-11-34-12-10-22/h13-14,18-20,22,24,31H,7,9-12,15-17H2,1-5H3/t19-,20-,24+/m1/s1. The molecule has 0 aliphatic carbocycles. The summed E-state index contributed by atoms with van der Waals surface area (Å²) in [5.74, 6) is 6.64. The summed E-state index contributed by atoms with van der Waals surface area (Å²) >= 11 is 0. The number of ether oxygens (including phenoxy) is 2. The van der Waals surface area contributed by atoms with Gasteiger partial charge in [-0.1, -0.05) is 32.6 Å². The molecule has 3 heterocycles. The molecule has 192 valence electrons. The summed E-state index contributed by atoms with van der Waals surface area (Å²) in [7, 11) is 1.80. The number of fused-ring (bicyclic) bond motifs is 1. The van der Waals surface area contributed by atoms with Crippen LogP contribution >= 0.6 is 0 Å². The van der Waals surface area contributed by atoms with Crippen molar-refractivity contribution in [3.63, 3.8) is 0 Å². The van der Waals surface area contributed by atoms with Gasteiger partial charge < -0.3 is 24.4 Å². The summed E-state index contributed by atoms with van der Waals surface area (Å²) in [5.41, 5.74) is 0.979. The Morgan fingerprint density at radius 1 is 1.31 bits per heavy atom. The Morgan fingerprint density at radius 3 is 2.69 bits per heavy atom. The van der Waals surface area contributed by atoms with Crippen molar-refractivity contribution in [2.45, 2.75) is 59.1 Å². The van der Waals surface area contributed by atoms with Gasteiger partial charge in [0.1, 0.15) is 11.7 Å². The van der Waals surface area contributed by atoms with Crippen molar-refractivity contribution >= 4 is 11.8 Å². The molecule has 1 aromatic heterocycles. The summed E-state index contributed by atoms with van der Waals surface area (Å²) in [4.78, 5) is 34.4. The Morgan fingerprint density at radius 2 is 2.03 bits per heavy atom. The number of amides is 2. The molecule has 0 unspecified atom stereocenters. The number of likely N-dealkylation sites (N-methyl/N-ethyl adjacent to an activating group) is 1. The Hall–Kier alpha value is -2.63. The minimum Gasteiger partial charge on any atom is -0.472 e. The zero-order valence-electron chi connectivity index (χ0n) is 21.6. The molecule has 3 rings (SSSR count). The molecule has 0 aromatic carbocycles. The highest BCUT2D eigenvalue weighted by Gasteiger charge is 2.35. The van der Waals surface area contributed by atoms with Crippen molar-refractivity contribution in [3.8, 4) is 17.7 Å². The van der Waals surface area contributed by atoms with Gasteiger partial charge in [0.2, 0.25) is 11.8 Å². The summed E-state index contributed by atoms with van der Waals surface area (Å²) in [6.45, 7) is 9.86. The number of pyridine rings is 1. The van der Waals surface area contributed by atoms with E-state index in [1.54, 1.807) is 29.1 Å². The van der Waals surface area contributed by atoms with Crippen molar-refractivity contribution in [3.05, 3.63) is 23.4 Å². The molecule has 35 heavy (non-hydrogen) atoms. The molecule has 1 aromatic rings. The molecule has 1 fully saturated rings. The molecule has 8 heteroatoms. The van der Waals surface area contributed by atoms with Gasteiger partial charge in [0.15, 0.2) is 0 Å². The molecule has 8 nitrogen and oxygen atoms in total. The zero-order chi connectivity index (χ0) is 25.5. The quantitative estimate of drug-likeness (QED) is 0.623. The van der Waals surface area contributed by atoms with E-state index in [1.807, 2.05) is 13.8 Å². The van der Waals surface area contributed by atoms with E-state index < -0.39 is 0 Å². The van der Waals surface area contributed by atoms with Crippen LogP contribution in [0.15, 0.2) is 12.3 Å². The topological polar surface area (TPSA) is 92.2 Å². The van der Waals surface area contributed by atoms with Crippen LogP contribution in [0.1, 0.15) is 62.9 Å². The molecule has 1 N–H and O–H groups in total. The van der Waals surface area contributed by atoms with Crippen LogP contribution in [-0.2, 0) is 9.53 Å². The number of nitrogens with zero attached hydrogens (tertiary/aromatic N) is 3. The minimum absolute atomic E-state index is 0.0394. The molecule has 2 aliphatic heterocycles. The number of aliphatic hydroxyl groups excluding tert-OH is 1. The molecular formula is C27H39N3O5. The SMILES string of the molecule is CC(C)CC#Cc1cnc2c(c1)C(=O)N([C@H](C)CO)C[C@@H](C)[C@H](CN(C)C(=O)C1CCOCC1)O2. The third-order valence-corrected chi connectivity index (χ3v) is 6.66. The number of carbonyl (C=O) groups excluding carboxylic acids is 2. The van der Waals surface area contributed by atoms with E-state index in [0.29, 0.717) is 43.3 Å². The number of hydrogen-bond donors (Lipinski definition) is 1. The predicted octanol–water partition coefficient (Wildman–Crippen LogP) is 2.58. The van der Waals surface area contributed by atoms with Crippen LogP contribution < -0.4 is 4.74 Å². The molecule has 3 atom stereocenters. The lowest BCUT2D eigenvalue weighted by atomic mass is 9.97. The van der Waals surface area contributed by atoms with Crippen LogP contribution in [0.4, 0.5) is 0 Å². The Kier molecular flexibility index (Phi) is 9.53. The number of hydrogen-bond acceptors (Lipinski definition) is 6. The third kappa shape index (κ3) is 6.96. The van der Waals surface area contributed by atoms with E-state index in [0.717, 1.165) is 19.3 Å². The van der Waals surface area contributed by atoms with E-state index in [9.17, 15) is 14.7 Å². The summed E-state index contributed by atoms with van der Waals surface area (Å²) in [6, 6.07) is 1.35. The van der Waals surface area contributed by atoms with Gasteiger partial charge in [-0.2, -0.15) is 0 Å². The largest absolute Gasteiger partial charge is 0.472 e. The van der Waals surface area contributed by atoms with Crippen molar-refractivity contribution < 1.29 is 24.2 Å². The maximum atomic E-state index is 13.5. The lowest BCUT2D eigenvalue weighted by Gasteiger charge is -2.38. The first-order valence-electron chi connectivity index (χ1n) is 12.6. The number of carbonyl (C=O) groups is 2. The molecule has 1 saturated heterocycles. The molecule has 2 aliphatic rings. The van der Waals surface area contributed by atoms with Gasteiger partial charge in [-0.25, -0.2) is 4.98 Å². The smallest absolute Gasteiger partial charge is 0.259 e. The number of rotatable bonds is 6. The van der Waals surface area contributed by atoms with Crippen LogP contribution in [0.5, 0.6) is 5.88 Å². The van der Waals surface area contributed by atoms with Gasteiger partial charge in [-0.15, -0.1) is 0 Å². The molecule has 0 saturated carbocycles. The van der Waals surface area contributed by atoms with Crippen LogP contribution in [0.2, 0.25) is 0 Å². The second-order valence-corrected chi connectivity index (χ2v) is 10.2. The van der Waals surface area contributed by atoms with Crippen molar-refractivity contribution in [2.24, 2.45) is 17.8 Å². The average molecular weight is 486 g/mol. The Bertz CT molecular complexity index is 948. The van der Waals surface area contributed by atoms with Crippen molar-refractivity contribution in [1.82, 2.24) is 14.8 Å². The first-order valence-corrected chi connectivity index (χ1v) is 12.6. The van der Waals surface area contributed by atoms with Crippen LogP contribution in [-0.4, -0.2) is 83.8 Å². The first-order chi connectivity index (χ1) is 16.7. The maximum Gasteiger partial charge on any atom is 0.259 e. The molecule has 0 bridgehead atoms. The highest BCUT2D eigenvalue weighted by molar-refractivity contribution is 5.97. The molecule has 0 spiro atoms. The van der Waals surface area contributed by atoms with Gasteiger partial charge in [0.25, 0.3) is 5.91 Å². The number of aliphatic hydroxyl groups is 1. The fourth-order valence-electron chi connectivity index (χ4n) is 4.36. The zero-order valence-corrected chi connectivity index (χ0v) is 21.6. The van der Waals surface area contributed by atoms with E-state index in [4.69, 9.17) is 9.47 Å². The van der Waals surface area contributed by atoms with Crippen LogP contribution in [0.3, 0.4) is 0 Å². The third-order valence-electron chi connectivity index (χ3n) is 6.66. The fraction of sp³-hybridized carbons (Fsp3) is 0.667. The molecular weight excluding hydrogens is 446 g/mol. The summed E-state index contributed by atoms with van der Waals surface area (Å²) in [6.07, 6.45) is 3.47. The van der Waals surface area contributed by atoms with Gasteiger partial charge in [0, 0.05) is 56.8 Å². The fourth-order valence-corrected chi connectivity index (χ4v) is 4.36. The minimum atomic E-state index is -0.367. The van der Waals surface area contributed by atoms with E-state index in [2.05, 4.69) is 30.7 Å². The van der Waals surface area contributed by atoms with E-state index in [1.165, 1.54) is 0 Å². The molecule has 0 radical (unpaired) electrons. The van der Waals surface area contributed by atoms with Gasteiger partial charge in [0.05, 0.1) is 19.2 Å². The Balaban J connectivity index is 1.88. The first kappa shape index (κ1) is 27.0. The highest BCUT2D eigenvalue weighted by atomic mass is 16.5.